The monoisotopic (exact) mass is 300 g/mol. The Balaban J connectivity index is 1.90. The van der Waals surface area contributed by atoms with Gasteiger partial charge in [0.1, 0.15) is 0 Å². The van der Waals surface area contributed by atoms with Crippen LogP contribution in [0.15, 0.2) is 53.4 Å². The molecule has 2 aromatic rings. The molecule has 0 heterocycles. The molecule has 0 aliphatic heterocycles. The van der Waals surface area contributed by atoms with Gasteiger partial charge in [0.05, 0.1) is 5.75 Å². The van der Waals surface area contributed by atoms with Gasteiger partial charge >= 0.3 is 0 Å². The number of hydrogen-bond acceptors (Lipinski definition) is 3. The summed E-state index contributed by atoms with van der Waals surface area (Å²) in [6, 6.07) is 14.4. The average Bonchev–Trinajstić information content (AvgIpc) is 2.47. The first-order valence-electron chi connectivity index (χ1n) is 6.44. The molecule has 0 atom stereocenters. The van der Waals surface area contributed by atoms with E-state index in [-0.39, 0.29) is 5.91 Å². The Morgan fingerprint density at radius 1 is 1.10 bits per heavy atom. The summed E-state index contributed by atoms with van der Waals surface area (Å²) < 4.78 is 0. The summed E-state index contributed by atoms with van der Waals surface area (Å²) in [4.78, 5) is 23.9. The molecule has 21 heavy (non-hydrogen) atoms. The highest BCUT2D eigenvalue weighted by Gasteiger charge is 2.06. The molecule has 0 fully saturated rings. The first-order chi connectivity index (χ1) is 10.1. The van der Waals surface area contributed by atoms with E-state index in [0.717, 1.165) is 10.5 Å². The first kappa shape index (κ1) is 15.1. The molecule has 3 N–H and O–H groups in total. The molecule has 0 bridgehead atoms. The zero-order chi connectivity index (χ0) is 15.2. The second-order valence-electron chi connectivity index (χ2n) is 4.54. The van der Waals surface area contributed by atoms with E-state index in [4.69, 9.17) is 5.73 Å². The van der Waals surface area contributed by atoms with Crippen LogP contribution in [-0.2, 0) is 4.79 Å². The largest absolute Gasteiger partial charge is 0.366 e. The summed E-state index contributed by atoms with van der Waals surface area (Å²) in [5, 5.41) is 2.79. The van der Waals surface area contributed by atoms with E-state index in [1.54, 1.807) is 24.3 Å². The van der Waals surface area contributed by atoms with Crippen molar-refractivity contribution in [1.29, 1.82) is 0 Å². The van der Waals surface area contributed by atoms with Crippen molar-refractivity contribution in [3.8, 4) is 0 Å². The Labute approximate surface area is 127 Å². The smallest absolute Gasteiger partial charge is 0.248 e. The maximum absolute atomic E-state index is 11.9. The molecule has 4 nitrogen and oxygen atoms in total. The normalized spacial score (nSPS) is 10.1. The Kier molecular flexibility index (Phi) is 5.00. The van der Waals surface area contributed by atoms with Crippen molar-refractivity contribution < 1.29 is 9.59 Å². The number of rotatable bonds is 5. The summed E-state index contributed by atoms with van der Waals surface area (Å²) in [7, 11) is 0. The molecule has 2 aromatic carbocycles. The van der Waals surface area contributed by atoms with Gasteiger partial charge in [-0.05, 0) is 42.8 Å². The van der Waals surface area contributed by atoms with Gasteiger partial charge in [0.15, 0.2) is 0 Å². The number of nitrogens with two attached hydrogens (primary N) is 1. The van der Waals surface area contributed by atoms with Crippen molar-refractivity contribution in [2.24, 2.45) is 5.73 Å². The van der Waals surface area contributed by atoms with Crippen molar-refractivity contribution in [3.63, 3.8) is 0 Å². The van der Waals surface area contributed by atoms with Crippen LogP contribution in [0.2, 0.25) is 0 Å². The van der Waals surface area contributed by atoms with E-state index in [1.165, 1.54) is 11.8 Å². The molecule has 0 saturated carbocycles. The van der Waals surface area contributed by atoms with E-state index < -0.39 is 5.91 Å². The number of primary amides is 1. The maximum Gasteiger partial charge on any atom is 0.248 e. The lowest BCUT2D eigenvalue weighted by Crippen LogP contribution is -2.15. The lowest BCUT2D eigenvalue weighted by Gasteiger charge is -2.07. The number of carbonyl (C=O) groups is 2. The highest BCUT2D eigenvalue weighted by atomic mass is 32.2. The standard InChI is InChI=1S/C16H16N2O2S/c1-11-4-2-3-5-14(11)21-10-15(19)18-13-8-6-12(7-9-13)16(17)20/h2-9H,10H2,1H3,(H2,17,20)(H,18,19). The van der Waals surface area contributed by atoms with Crippen LogP contribution >= 0.6 is 11.8 Å². The SMILES string of the molecule is Cc1ccccc1SCC(=O)Nc1ccc(C(N)=O)cc1. The van der Waals surface area contributed by atoms with E-state index in [2.05, 4.69) is 5.32 Å². The molecule has 5 heteroatoms. The topological polar surface area (TPSA) is 72.2 Å². The van der Waals surface area contributed by atoms with Crippen LogP contribution in [0.4, 0.5) is 5.69 Å². The van der Waals surface area contributed by atoms with Crippen molar-refractivity contribution in [2.75, 3.05) is 11.1 Å². The van der Waals surface area contributed by atoms with E-state index in [9.17, 15) is 9.59 Å². The average molecular weight is 300 g/mol. The van der Waals surface area contributed by atoms with Gasteiger partial charge in [-0.2, -0.15) is 0 Å². The van der Waals surface area contributed by atoms with Crippen LogP contribution in [0.5, 0.6) is 0 Å². The number of benzene rings is 2. The number of aryl methyl sites for hydroxylation is 1. The zero-order valence-electron chi connectivity index (χ0n) is 11.6. The van der Waals surface area contributed by atoms with Crippen LogP contribution < -0.4 is 11.1 Å². The van der Waals surface area contributed by atoms with Crippen LogP contribution in [0, 0.1) is 6.92 Å². The molecule has 0 aromatic heterocycles. The quantitative estimate of drug-likeness (QED) is 0.834. The third-order valence-corrected chi connectivity index (χ3v) is 4.08. The van der Waals surface area contributed by atoms with Crippen molar-refractivity contribution in [3.05, 3.63) is 59.7 Å². The van der Waals surface area contributed by atoms with Gasteiger partial charge in [-0.1, -0.05) is 18.2 Å². The number of carbonyl (C=O) groups excluding carboxylic acids is 2. The van der Waals surface area contributed by atoms with E-state index >= 15 is 0 Å². The van der Waals surface area contributed by atoms with Gasteiger partial charge in [-0.3, -0.25) is 9.59 Å². The molecule has 0 spiro atoms. The van der Waals surface area contributed by atoms with Gasteiger partial charge in [0.2, 0.25) is 11.8 Å². The Hall–Kier alpha value is -2.27. The predicted octanol–water partition coefficient (Wildman–Crippen LogP) is 2.82. The van der Waals surface area contributed by atoms with Gasteiger partial charge in [-0.25, -0.2) is 0 Å². The van der Waals surface area contributed by atoms with E-state index in [0.29, 0.717) is 17.0 Å². The molecule has 2 amide bonds. The zero-order valence-corrected chi connectivity index (χ0v) is 12.4. The fourth-order valence-electron chi connectivity index (χ4n) is 1.78. The number of nitrogens with one attached hydrogen (secondary N) is 1. The highest BCUT2D eigenvalue weighted by molar-refractivity contribution is 8.00. The van der Waals surface area contributed by atoms with Crippen molar-refractivity contribution in [2.45, 2.75) is 11.8 Å². The number of amides is 2. The summed E-state index contributed by atoms with van der Waals surface area (Å²) in [6.45, 7) is 2.02. The van der Waals surface area contributed by atoms with Gasteiger partial charge in [0, 0.05) is 16.1 Å². The molecule has 108 valence electrons. The van der Waals surface area contributed by atoms with Crippen LogP contribution in [0.1, 0.15) is 15.9 Å². The lowest BCUT2D eigenvalue weighted by molar-refractivity contribution is -0.113. The molecule has 0 aliphatic rings. The molecular weight excluding hydrogens is 284 g/mol. The highest BCUT2D eigenvalue weighted by Crippen LogP contribution is 2.21. The first-order valence-corrected chi connectivity index (χ1v) is 7.43. The summed E-state index contributed by atoms with van der Waals surface area (Å²) in [5.41, 5.74) is 7.38. The predicted molar refractivity (Wildman–Crippen MR) is 85.5 cm³/mol. The van der Waals surface area contributed by atoms with Gasteiger partial charge < -0.3 is 11.1 Å². The van der Waals surface area contributed by atoms with Crippen LogP contribution in [0.3, 0.4) is 0 Å². The molecular formula is C16H16N2O2S. The molecule has 0 unspecified atom stereocenters. The molecule has 2 rings (SSSR count). The van der Waals surface area contributed by atoms with Crippen LogP contribution in [0.25, 0.3) is 0 Å². The van der Waals surface area contributed by atoms with E-state index in [1.807, 2.05) is 31.2 Å². The number of hydrogen-bond donors (Lipinski definition) is 2. The fraction of sp³-hybridized carbons (Fsp3) is 0.125. The Morgan fingerprint density at radius 3 is 2.38 bits per heavy atom. The summed E-state index contributed by atoms with van der Waals surface area (Å²) in [6.07, 6.45) is 0. The van der Waals surface area contributed by atoms with Gasteiger partial charge in [-0.15, -0.1) is 11.8 Å². The van der Waals surface area contributed by atoms with Gasteiger partial charge in [0.25, 0.3) is 0 Å². The third kappa shape index (κ3) is 4.36. The Bertz CT molecular complexity index is 654. The molecule has 0 aliphatic carbocycles. The second-order valence-corrected chi connectivity index (χ2v) is 5.56. The minimum Gasteiger partial charge on any atom is -0.366 e. The second kappa shape index (κ2) is 6.95. The number of anilines is 1. The fourth-order valence-corrected chi connectivity index (χ4v) is 2.61. The summed E-state index contributed by atoms with van der Waals surface area (Å²) >= 11 is 1.50. The van der Waals surface area contributed by atoms with Crippen molar-refractivity contribution in [1.82, 2.24) is 0 Å². The number of thioether (sulfide) groups is 1. The lowest BCUT2D eigenvalue weighted by atomic mass is 10.2. The minimum atomic E-state index is -0.483. The minimum absolute atomic E-state index is 0.0879. The Morgan fingerprint density at radius 2 is 1.76 bits per heavy atom. The van der Waals surface area contributed by atoms with Crippen molar-refractivity contribution >= 4 is 29.3 Å². The summed E-state index contributed by atoms with van der Waals surface area (Å²) in [5.74, 6) is -0.235. The van der Waals surface area contributed by atoms with Crippen LogP contribution in [-0.4, -0.2) is 17.6 Å². The third-order valence-electron chi connectivity index (χ3n) is 2.91. The molecule has 0 saturated heterocycles. The molecule has 0 radical (unpaired) electrons. The maximum atomic E-state index is 11.9.